The summed E-state index contributed by atoms with van der Waals surface area (Å²) in [7, 11) is 0. The lowest BCUT2D eigenvalue weighted by molar-refractivity contribution is -0.115. The van der Waals surface area contributed by atoms with E-state index in [-0.39, 0.29) is 11.7 Å². The Balaban J connectivity index is 2.45. The molecule has 4 nitrogen and oxygen atoms in total. The Labute approximate surface area is 124 Å². The minimum Gasteiger partial charge on any atom is -0.299 e. The lowest BCUT2D eigenvalue weighted by Crippen LogP contribution is -2.50. The van der Waals surface area contributed by atoms with Crippen molar-refractivity contribution in [3.63, 3.8) is 0 Å². The van der Waals surface area contributed by atoms with Gasteiger partial charge in [-0.1, -0.05) is 13.0 Å². The zero-order valence-corrected chi connectivity index (χ0v) is 13.0. The van der Waals surface area contributed by atoms with Crippen LogP contribution in [-0.2, 0) is 4.79 Å². The molecule has 0 unspecified atom stereocenters. The first-order valence-corrected chi connectivity index (χ1v) is 7.24. The second-order valence-corrected chi connectivity index (χ2v) is 6.82. The van der Waals surface area contributed by atoms with Crippen LogP contribution in [0.1, 0.15) is 71.9 Å². The van der Waals surface area contributed by atoms with E-state index in [1.54, 1.807) is 4.90 Å². The molecule has 0 saturated carbocycles. The SMILES string of the molecule is CC(=O)c1c(C)cc2c3c1C(=O)C(=O)N3C(C)(C)C[C@H]2C. The van der Waals surface area contributed by atoms with E-state index in [0.29, 0.717) is 16.8 Å². The molecule has 4 heteroatoms. The number of ketones is 2. The molecule has 2 aliphatic heterocycles. The third-order valence-electron chi connectivity index (χ3n) is 4.67. The van der Waals surface area contributed by atoms with E-state index in [4.69, 9.17) is 0 Å². The summed E-state index contributed by atoms with van der Waals surface area (Å²) in [5.74, 6) is -0.952. The predicted octanol–water partition coefficient (Wildman–Crippen LogP) is 3.01. The van der Waals surface area contributed by atoms with E-state index in [9.17, 15) is 14.4 Å². The third-order valence-corrected chi connectivity index (χ3v) is 4.67. The highest BCUT2D eigenvalue weighted by atomic mass is 16.2. The molecule has 0 bridgehead atoms. The molecule has 0 spiro atoms. The van der Waals surface area contributed by atoms with Crippen LogP contribution in [0.15, 0.2) is 6.07 Å². The van der Waals surface area contributed by atoms with Crippen molar-refractivity contribution >= 4 is 23.2 Å². The number of amides is 1. The Morgan fingerprint density at radius 2 is 1.95 bits per heavy atom. The number of aryl methyl sites for hydroxylation is 1. The second kappa shape index (κ2) is 4.03. The number of hydrogen-bond donors (Lipinski definition) is 0. The van der Waals surface area contributed by atoms with Crippen LogP contribution in [0.4, 0.5) is 5.69 Å². The van der Waals surface area contributed by atoms with Gasteiger partial charge in [-0.25, -0.2) is 0 Å². The van der Waals surface area contributed by atoms with Crippen molar-refractivity contribution in [1.29, 1.82) is 0 Å². The summed E-state index contributed by atoms with van der Waals surface area (Å²) in [6.45, 7) is 9.33. The van der Waals surface area contributed by atoms with Crippen LogP contribution in [0, 0.1) is 6.92 Å². The molecule has 110 valence electrons. The Morgan fingerprint density at radius 1 is 1.33 bits per heavy atom. The van der Waals surface area contributed by atoms with Crippen LogP contribution in [0.3, 0.4) is 0 Å². The summed E-state index contributed by atoms with van der Waals surface area (Å²) in [5, 5.41) is 0. The Bertz CT molecular complexity index is 715. The summed E-state index contributed by atoms with van der Waals surface area (Å²) >= 11 is 0. The van der Waals surface area contributed by atoms with Gasteiger partial charge in [-0.2, -0.15) is 0 Å². The van der Waals surface area contributed by atoms with Crippen molar-refractivity contribution in [2.24, 2.45) is 0 Å². The van der Waals surface area contributed by atoms with Crippen LogP contribution in [0.2, 0.25) is 0 Å². The summed E-state index contributed by atoms with van der Waals surface area (Å²) in [6.07, 6.45) is 0.803. The number of carbonyl (C=O) groups is 3. The number of Topliss-reactive ketones (excluding diaryl/α,β-unsaturated/α-hetero) is 2. The average Bonchev–Trinajstić information content (AvgIpc) is 2.60. The number of rotatable bonds is 1. The Morgan fingerprint density at radius 3 is 2.52 bits per heavy atom. The van der Waals surface area contributed by atoms with Crippen molar-refractivity contribution in [2.45, 2.75) is 52.5 Å². The molecule has 0 aromatic heterocycles. The average molecular weight is 285 g/mol. The number of benzene rings is 1. The maximum atomic E-state index is 12.5. The molecule has 2 aliphatic rings. The van der Waals surface area contributed by atoms with E-state index in [0.717, 1.165) is 17.5 Å². The standard InChI is InChI=1S/C17H19NO3/c1-8-6-11-9(2)7-17(4,5)18-14(11)13(12(8)10(3)19)15(20)16(18)21/h6,9H,7H2,1-5H3/t9-/m1/s1. The molecular weight excluding hydrogens is 266 g/mol. The van der Waals surface area contributed by atoms with E-state index >= 15 is 0 Å². The quantitative estimate of drug-likeness (QED) is 0.588. The summed E-state index contributed by atoms with van der Waals surface area (Å²) < 4.78 is 0. The van der Waals surface area contributed by atoms with E-state index < -0.39 is 17.2 Å². The summed E-state index contributed by atoms with van der Waals surface area (Å²) in [6, 6.07) is 1.97. The van der Waals surface area contributed by atoms with Crippen molar-refractivity contribution < 1.29 is 14.4 Å². The first-order chi connectivity index (χ1) is 9.66. The summed E-state index contributed by atoms with van der Waals surface area (Å²) in [5.41, 5.74) is 2.77. The number of nitrogens with zero attached hydrogens (tertiary/aromatic N) is 1. The minimum absolute atomic E-state index is 0.163. The normalized spacial score (nSPS) is 22.5. The lowest BCUT2D eigenvalue weighted by atomic mass is 9.78. The monoisotopic (exact) mass is 285 g/mol. The molecule has 1 aromatic carbocycles. The first kappa shape index (κ1) is 14.0. The molecule has 1 aromatic rings. The maximum absolute atomic E-state index is 12.5. The second-order valence-electron chi connectivity index (χ2n) is 6.82. The number of anilines is 1. The van der Waals surface area contributed by atoms with Gasteiger partial charge in [0.25, 0.3) is 11.7 Å². The lowest BCUT2D eigenvalue weighted by Gasteiger charge is -2.43. The Hall–Kier alpha value is -1.97. The number of carbonyl (C=O) groups excluding carboxylic acids is 3. The van der Waals surface area contributed by atoms with Gasteiger partial charge in [0.05, 0.1) is 11.3 Å². The molecule has 0 aliphatic carbocycles. The highest BCUT2D eigenvalue weighted by Crippen LogP contribution is 2.50. The van der Waals surface area contributed by atoms with Crippen LogP contribution in [0.5, 0.6) is 0 Å². The highest BCUT2D eigenvalue weighted by Gasteiger charge is 2.50. The predicted molar refractivity (Wildman–Crippen MR) is 80.1 cm³/mol. The van der Waals surface area contributed by atoms with Gasteiger partial charge < -0.3 is 0 Å². The fourth-order valence-electron chi connectivity index (χ4n) is 3.96. The molecule has 1 amide bonds. The van der Waals surface area contributed by atoms with Gasteiger partial charge in [0.1, 0.15) is 0 Å². The van der Waals surface area contributed by atoms with Crippen LogP contribution < -0.4 is 4.90 Å². The van der Waals surface area contributed by atoms with E-state index in [1.807, 2.05) is 26.8 Å². The van der Waals surface area contributed by atoms with Crippen molar-refractivity contribution in [3.05, 3.63) is 28.3 Å². The fraction of sp³-hybridized carbons (Fsp3) is 0.471. The van der Waals surface area contributed by atoms with Crippen molar-refractivity contribution in [1.82, 2.24) is 0 Å². The molecular formula is C17H19NO3. The summed E-state index contributed by atoms with van der Waals surface area (Å²) in [4.78, 5) is 38.5. The molecule has 0 saturated heterocycles. The van der Waals surface area contributed by atoms with Crippen LogP contribution >= 0.6 is 0 Å². The molecule has 0 fully saturated rings. The smallest absolute Gasteiger partial charge is 0.299 e. The van der Waals surface area contributed by atoms with E-state index in [1.165, 1.54) is 6.92 Å². The highest BCUT2D eigenvalue weighted by molar-refractivity contribution is 6.54. The molecule has 21 heavy (non-hydrogen) atoms. The molecule has 1 atom stereocenters. The molecule has 0 radical (unpaired) electrons. The minimum atomic E-state index is -0.540. The van der Waals surface area contributed by atoms with Gasteiger partial charge in [-0.05, 0) is 51.2 Å². The topological polar surface area (TPSA) is 54.5 Å². The number of hydrogen-bond acceptors (Lipinski definition) is 3. The van der Waals surface area contributed by atoms with Crippen molar-refractivity contribution in [2.75, 3.05) is 4.90 Å². The van der Waals surface area contributed by atoms with Crippen molar-refractivity contribution in [3.8, 4) is 0 Å². The largest absolute Gasteiger partial charge is 0.300 e. The fourth-order valence-corrected chi connectivity index (χ4v) is 3.96. The molecule has 0 N–H and O–H groups in total. The molecule has 2 heterocycles. The van der Waals surface area contributed by atoms with E-state index in [2.05, 4.69) is 6.92 Å². The third kappa shape index (κ3) is 1.65. The zero-order chi connectivity index (χ0) is 15.7. The van der Waals surface area contributed by atoms with Crippen LogP contribution in [-0.4, -0.2) is 23.0 Å². The van der Waals surface area contributed by atoms with Gasteiger partial charge in [0.2, 0.25) is 0 Å². The van der Waals surface area contributed by atoms with Gasteiger partial charge in [-0.3, -0.25) is 19.3 Å². The first-order valence-electron chi connectivity index (χ1n) is 7.24. The zero-order valence-electron chi connectivity index (χ0n) is 13.0. The van der Waals surface area contributed by atoms with Gasteiger partial charge >= 0.3 is 0 Å². The van der Waals surface area contributed by atoms with Gasteiger partial charge in [0.15, 0.2) is 5.78 Å². The van der Waals surface area contributed by atoms with Gasteiger partial charge in [-0.15, -0.1) is 0 Å². The molecule has 3 rings (SSSR count). The van der Waals surface area contributed by atoms with Gasteiger partial charge in [0, 0.05) is 11.1 Å². The van der Waals surface area contributed by atoms with Crippen LogP contribution in [0.25, 0.3) is 0 Å². The maximum Gasteiger partial charge on any atom is 0.300 e. The Kier molecular flexibility index (Phi) is 2.68.